The molecule has 140 valence electrons. The molecule has 0 unspecified atom stereocenters. The van der Waals surface area contributed by atoms with Crippen molar-refractivity contribution >= 4 is 28.7 Å². The molecule has 0 bridgehead atoms. The zero-order chi connectivity index (χ0) is 19.4. The Labute approximate surface area is 166 Å². The summed E-state index contributed by atoms with van der Waals surface area (Å²) in [6.45, 7) is 2.13. The van der Waals surface area contributed by atoms with Crippen LogP contribution in [-0.4, -0.2) is 0 Å². The van der Waals surface area contributed by atoms with E-state index in [4.69, 9.17) is 0 Å². The first-order chi connectivity index (χ1) is 13.7. The van der Waals surface area contributed by atoms with Crippen LogP contribution in [0.15, 0.2) is 103 Å². The maximum Gasteiger partial charge on any atom is 0.205 e. The summed E-state index contributed by atoms with van der Waals surface area (Å²) in [5.74, 6) is 0. The molecular formula is C25H24NOP. The average molecular weight is 385 g/mol. The van der Waals surface area contributed by atoms with E-state index in [1.165, 1.54) is 10.8 Å². The van der Waals surface area contributed by atoms with Gasteiger partial charge in [-0.25, -0.2) is 0 Å². The van der Waals surface area contributed by atoms with E-state index in [2.05, 4.69) is 54.5 Å². The van der Waals surface area contributed by atoms with Gasteiger partial charge in [0, 0.05) is 16.7 Å². The van der Waals surface area contributed by atoms with E-state index in [0.717, 1.165) is 22.6 Å². The van der Waals surface area contributed by atoms with Gasteiger partial charge in [0.1, 0.15) is 0 Å². The van der Waals surface area contributed by atoms with E-state index in [9.17, 15) is 4.57 Å². The van der Waals surface area contributed by atoms with Crippen molar-refractivity contribution in [1.29, 1.82) is 0 Å². The maximum atomic E-state index is 14.3. The minimum atomic E-state index is -2.97. The first-order valence-electron chi connectivity index (χ1n) is 9.68. The van der Waals surface area contributed by atoms with Gasteiger partial charge in [-0.1, -0.05) is 79.7 Å². The fourth-order valence-corrected chi connectivity index (χ4v) is 6.17. The van der Waals surface area contributed by atoms with Gasteiger partial charge in [0.25, 0.3) is 0 Å². The largest absolute Gasteiger partial charge is 0.297 e. The number of fused-ring (bicyclic) bond motifs is 1. The van der Waals surface area contributed by atoms with Gasteiger partial charge in [-0.2, -0.15) is 0 Å². The summed E-state index contributed by atoms with van der Waals surface area (Å²) >= 11 is 0. The van der Waals surface area contributed by atoms with Crippen molar-refractivity contribution in [2.45, 2.75) is 19.4 Å². The van der Waals surface area contributed by atoms with Crippen LogP contribution in [0.4, 0.5) is 0 Å². The predicted molar refractivity (Wildman–Crippen MR) is 120 cm³/mol. The Morgan fingerprint density at radius 1 is 0.714 bits per heavy atom. The summed E-state index contributed by atoms with van der Waals surface area (Å²) in [4.78, 5) is 0. The van der Waals surface area contributed by atoms with E-state index in [1.807, 2.05) is 60.7 Å². The van der Waals surface area contributed by atoms with Crippen molar-refractivity contribution in [2.24, 2.45) is 0 Å². The second-order valence-electron chi connectivity index (χ2n) is 6.98. The monoisotopic (exact) mass is 385 g/mol. The average Bonchev–Trinajstić information content (AvgIpc) is 2.78. The van der Waals surface area contributed by atoms with Gasteiger partial charge in [0.05, 0.1) is 0 Å². The molecule has 0 aromatic heterocycles. The third kappa shape index (κ3) is 3.67. The van der Waals surface area contributed by atoms with E-state index in [1.54, 1.807) is 0 Å². The molecule has 0 radical (unpaired) electrons. The van der Waals surface area contributed by atoms with Crippen LogP contribution >= 0.6 is 7.29 Å². The predicted octanol–water partition coefficient (Wildman–Crippen LogP) is 5.81. The molecule has 1 N–H and O–H groups in total. The Morgan fingerprint density at radius 3 is 1.82 bits per heavy atom. The number of benzene rings is 4. The third-order valence-electron chi connectivity index (χ3n) is 5.16. The van der Waals surface area contributed by atoms with Crippen LogP contribution in [0.5, 0.6) is 0 Å². The van der Waals surface area contributed by atoms with Gasteiger partial charge in [-0.3, -0.25) is 9.65 Å². The lowest BCUT2D eigenvalue weighted by Crippen LogP contribution is -2.30. The molecule has 3 heteroatoms. The molecule has 4 aromatic rings. The number of hydrogen-bond acceptors (Lipinski definition) is 1. The van der Waals surface area contributed by atoms with Crippen molar-refractivity contribution < 1.29 is 4.57 Å². The van der Waals surface area contributed by atoms with Gasteiger partial charge in [-0.05, 0) is 53.1 Å². The van der Waals surface area contributed by atoms with Crippen LogP contribution < -0.4 is 15.7 Å². The molecule has 28 heavy (non-hydrogen) atoms. The Hall–Kier alpha value is -2.67. The van der Waals surface area contributed by atoms with Crippen molar-refractivity contribution in [1.82, 2.24) is 5.09 Å². The lowest BCUT2D eigenvalue weighted by molar-refractivity contribution is 0.556. The second-order valence-corrected chi connectivity index (χ2v) is 9.49. The molecule has 0 saturated heterocycles. The molecule has 0 fully saturated rings. The molecule has 4 aromatic carbocycles. The quantitative estimate of drug-likeness (QED) is 0.424. The summed E-state index contributed by atoms with van der Waals surface area (Å²) in [5, 5.41) is 7.64. The van der Waals surface area contributed by atoms with Crippen LogP contribution in [0.25, 0.3) is 10.8 Å². The van der Waals surface area contributed by atoms with E-state index in [-0.39, 0.29) is 6.04 Å². The second kappa shape index (κ2) is 8.14. The molecule has 1 atom stereocenters. The zero-order valence-corrected chi connectivity index (χ0v) is 16.8. The van der Waals surface area contributed by atoms with Gasteiger partial charge in [0.2, 0.25) is 7.29 Å². The number of hydrogen-bond donors (Lipinski definition) is 1. The highest BCUT2D eigenvalue weighted by Gasteiger charge is 2.30. The first kappa shape index (κ1) is 18.7. The van der Waals surface area contributed by atoms with Crippen LogP contribution in [0, 0.1) is 0 Å². The van der Waals surface area contributed by atoms with Crippen LogP contribution in [0.3, 0.4) is 0 Å². The van der Waals surface area contributed by atoms with Crippen LogP contribution in [-0.2, 0) is 4.57 Å². The molecule has 4 rings (SSSR count). The van der Waals surface area contributed by atoms with Gasteiger partial charge >= 0.3 is 0 Å². The fraction of sp³-hybridized carbons (Fsp3) is 0.120. The van der Waals surface area contributed by atoms with Crippen molar-refractivity contribution in [3.63, 3.8) is 0 Å². The standard InChI is InChI=1S/C25H24NOP/c1-2-25(22-18-17-20-11-9-10-12-21(20)19-22)26-28(27,23-13-5-3-6-14-23)24-15-7-4-8-16-24/h3-19,25H,2H2,1H3,(H,26,27)/t25-/m0/s1. The highest BCUT2D eigenvalue weighted by molar-refractivity contribution is 7.76. The SMILES string of the molecule is CC[C@H](NP(=O)(c1ccccc1)c1ccccc1)c1ccc2ccccc2c1. The van der Waals surface area contributed by atoms with E-state index < -0.39 is 7.29 Å². The number of nitrogens with one attached hydrogen (secondary N) is 1. The first-order valence-corrected chi connectivity index (χ1v) is 11.4. The van der Waals surface area contributed by atoms with Gasteiger partial charge in [-0.15, -0.1) is 0 Å². The molecular weight excluding hydrogens is 361 g/mol. The van der Waals surface area contributed by atoms with Gasteiger partial charge < -0.3 is 0 Å². The summed E-state index contributed by atoms with van der Waals surface area (Å²) < 4.78 is 14.3. The Balaban J connectivity index is 1.77. The van der Waals surface area contributed by atoms with Crippen LogP contribution in [0.1, 0.15) is 24.9 Å². The lowest BCUT2D eigenvalue weighted by Gasteiger charge is -2.27. The topological polar surface area (TPSA) is 29.1 Å². The molecule has 2 nitrogen and oxygen atoms in total. The summed E-state index contributed by atoms with van der Waals surface area (Å²) in [6.07, 6.45) is 0.849. The molecule has 0 saturated carbocycles. The maximum absolute atomic E-state index is 14.3. The molecule has 0 amide bonds. The zero-order valence-electron chi connectivity index (χ0n) is 16.0. The third-order valence-corrected chi connectivity index (χ3v) is 7.89. The van der Waals surface area contributed by atoms with Crippen molar-refractivity contribution in [2.75, 3.05) is 0 Å². The Kier molecular flexibility index (Phi) is 5.43. The lowest BCUT2D eigenvalue weighted by atomic mass is 10.0. The summed E-state index contributed by atoms with van der Waals surface area (Å²) in [5.41, 5.74) is 1.16. The van der Waals surface area contributed by atoms with Crippen molar-refractivity contribution in [3.8, 4) is 0 Å². The van der Waals surface area contributed by atoms with E-state index >= 15 is 0 Å². The highest BCUT2D eigenvalue weighted by Crippen LogP contribution is 2.42. The van der Waals surface area contributed by atoms with Crippen molar-refractivity contribution in [3.05, 3.63) is 109 Å². The van der Waals surface area contributed by atoms with Gasteiger partial charge in [0.15, 0.2) is 0 Å². The molecule has 0 aliphatic heterocycles. The van der Waals surface area contributed by atoms with Crippen LogP contribution in [0.2, 0.25) is 0 Å². The minimum absolute atomic E-state index is 0.00384. The molecule has 0 spiro atoms. The molecule has 0 aliphatic carbocycles. The normalized spacial score (nSPS) is 12.8. The minimum Gasteiger partial charge on any atom is -0.297 e. The fourth-order valence-electron chi connectivity index (χ4n) is 3.62. The summed E-state index contributed by atoms with van der Waals surface area (Å²) in [6, 6.07) is 34.4. The molecule has 0 heterocycles. The Morgan fingerprint density at radius 2 is 1.25 bits per heavy atom. The Bertz CT molecular complexity index is 1070. The van der Waals surface area contributed by atoms with E-state index in [0.29, 0.717) is 0 Å². The summed E-state index contributed by atoms with van der Waals surface area (Å²) in [7, 11) is -2.97. The smallest absolute Gasteiger partial charge is 0.205 e. The highest BCUT2D eigenvalue weighted by atomic mass is 31.2. The molecule has 0 aliphatic rings. The number of rotatable bonds is 6.